The molecule has 0 amide bonds. The molecule has 0 fully saturated rings. The fourth-order valence-corrected chi connectivity index (χ4v) is 1.94. The lowest BCUT2D eigenvalue weighted by Gasteiger charge is -2.12. The molecule has 0 aromatic heterocycles. The molecule has 2 aromatic carbocycles. The molecule has 0 aliphatic rings. The summed E-state index contributed by atoms with van der Waals surface area (Å²) in [4.78, 5) is 10.5. The van der Waals surface area contributed by atoms with E-state index in [2.05, 4.69) is 5.32 Å². The lowest BCUT2D eigenvalue weighted by molar-refractivity contribution is -0.137. The van der Waals surface area contributed by atoms with Crippen LogP contribution in [0.15, 0.2) is 42.5 Å². The summed E-state index contributed by atoms with van der Waals surface area (Å²) in [6, 6.07) is 13.4. The van der Waals surface area contributed by atoms with E-state index in [4.69, 9.17) is 15.6 Å². The maximum Gasteiger partial charge on any atom is 0.303 e. The average molecular weight is 300 g/mol. The Balaban J connectivity index is 2.00. The topological polar surface area (TPSA) is 84.6 Å². The van der Waals surface area contributed by atoms with Gasteiger partial charge in [0.05, 0.1) is 18.0 Å². The van der Waals surface area contributed by atoms with Gasteiger partial charge in [0, 0.05) is 18.2 Å². The molecular formula is C17H20N2O3. The number of hydrogen-bond donors (Lipinski definition) is 3. The number of nitrogens with two attached hydrogens (primary N) is 1. The highest BCUT2D eigenvalue weighted by Crippen LogP contribution is 2.28. The Morgan fingerprint density at radius 3 is 2.64 bits per heavy atom. The first-order valence-electron chi connectivity index (χ1n) is 7.12. The molecule has 0 bridgehead atoms. The van der Waals surface area contributed by atoms with E-state index < -0.39 is 5.97 Å². The summed E-state index contributed by atoms with van der Waals surface area (Å²) >= 11 is 0. The highest BCUT2D eigenvalue weighted by molar-refractivity contribution is 5.74. The van der Waals surface area contributed by atoms with Gasteiger partial charge in [-0.2, -0.15) is 0 Å². The van der Waals surface area contributed by atoms with Gasteiger partial charge in [-0.05, 0) is 37.6 Å². The molecule has 0 saturated heterocycles. The van der Waals surface area contributed by atoms with Crippen molar-refractivity contribution in [3.63, 3.8) is 0 Å². The number of aliphatic carboxylic acids is 1. The van der Waals surface area contributed by atoms with Gasteiger partial charge >= 0.3 is 5.97 Å². The van der Waals surface area contributed by atoms with Crippen LogP contribution < -0.4 is 15.8 Å². The van der Waals surface area contributed by atoms with Crippen LogP contribution in [0.25, 0.3) is 0 Å². The Morgan fingerprint density at radius 1 is 1.23 bits per heavy atom. The molecule has 0 aliphatic heterocycles. The van der Waals surface area contributed by atoms with Crippen LogP contribution in [0, 0.1) is 6.92 Å². The van der Waals surface area contributed by atoms with Gasteiger partial charge < -0.3 is 20.9 Å². The summed E-state index contributed by atoms with van der Waals surface area (Å²) in [6.45, 7) is 2.39. The van der Waals surface area contributed by atoms with Crippen LogP contribution in [0.3, 0.4) is 0 Å². The zero-order chi connectivity index (χ0) is 15.9. The maximum absolute atomic E-state index is 10.5. The highest BCUT2D eigenvalue weighted by Gasteiger charge is 2.04. The van der Waals surface area contributed by atoms with E-state index in [0.29, 0.717) is 24.5 Å². The number of aryl methyl sites for hydroxylation is 1. The number of benzene rings is 2. The standard InChI is InChI=1S/C17H20N2O3/c1-12-4-6-13(7-5-12)19-16-11-14(8-9-15(16)18)22-10-2-3-17(20)21/h4-9,11,19H,2-3,10,18H2,1H3,(H,20,21). The Kier molecular flexibility index (Phi) is 5.25. The molecule has 0 aliphatic carbocycles. The van der Waals surface area contributed by atoms with Gasteiger partial charge in [0.25, 0.3) is 0 Å². The van der Waals surface area contributed by atoms with Crippen molar-refractivity contribution in [3.8, 4) is 5.75 Å². The Hall–Kier alpha value is -2.69. The van der Waals surface area contributed by atoms with Gasteiger partial charge in [0.1, 0.15) is 5.75 Å². The van der Waals surface area contributed by atoms with Crippen molar-refractivity contribution in [2.75, 3.05) is 17.7 Å². The zero-order valence-corrected chi connectivity index (χ0v) is 12.5. The molecule has 2 rings (SSSR count). The van der Waals surface area contributed by atoms with Crippen LogP contribution in [-0.2, 0) is 4.79 Å². The van der Waals surface area contributed by atoms with E-state index in [0.717, 1.165) is 11.4 Å². The van der Waals surface area contributed by atoms with E-state index in [1.165, 1.54) is 5.56 Å². The number of nitrogen functional groups attached to an aromatic ring is 1. The van der Waals surface area contributed by atoms with Crippen LogP contribution in [0.4, 0.5) is 17.1 Å². The van der Waals surface area contributed by atoms with Crippen molar-refractivity contribution in [2.45, 2.75) is 19.8 Å². The largest absolute Gasteiger partial charge is 0.494 e. The molecule has 0 heterocycles. The second kappa shape index (κ2) is 7.36. The quantitative estimate of drug-likeness (QED) is 0.538. The third-order valence-electron chi connectivity index (χ3n) is 3.16. The first-order chi connectivity index (χ1) is 10.5. The van der Waals surface area contributed by atoms with E-state index in [9.17, 15) is 4.79 Å². The number of carboxylic acids is 1. The van der Waals surface area contributed by atoms with E-state index >= 15 is 0 Å². The molecule has 0 spiro atoms. The third kappa shape index (κ3) is 4.70. The van der Waals surface area contributed by atoms with Crippen LogP contribution >= 0.6 is 0 Å². The average Bonchev–Trinajstić information content (AvgIpc) is 2.49. The summed E-state index contributed by atoms with van der Waals surface area (Å²) in [7, 11) is 0. The third-order valence-corrected chi connectivity index (χ3v) is 3.16. The molecular weight excluding hydrogens is 280 g/mol. The van der Waals surface area contributed by atoms with Crippen LogP contribution in [0.1, 0.15) is 18.4 Å². The number of nitrogens with one attached hydrogen (secondary N) is 1. The fraction of sp³-hybridized carbons (Fsp3) is 0.235. The second-order valence-corrected chi connectivity index (χ2v) is 5.09. The number of carbonyl (C=O) groups is 1. The minimum absolute atomic E-state index is 0.101. The summed E-state index contributed by atoms with van der Waals surface area (Å²) in [5.41, 5.74) is 9.49. The monoisotopic (exact) mass is 300 g/mol. The van der Waals surface area contributed by atoms with Crippen LogP contribution in [-0.4, -0.2) is 17.7 Å². The number of hydrogen-bond acceptors (Lipinski definition) is 4. The van der Waals surface area contributed by atoms with Gasteiger partial charge in [0.15, 0.2) is 0 Å². The predicted molar refractivity (Wildman–Crippen MR) is 87.7 cm³/mol. The summed E-state index contributed by atoms with van der Waals surface area (Å²) < 4.78 is 5.55. The van der Waals surface area contributed by atoms with Gasteiger partial charge in [-0.25, -0.2) is 0 Å². The minimum atomic E-state index is -0.817. The van der Waals surface area contributed by atoms with Crippen molar-refractivity contribution in [2.24, 2.45) is 0 Å². The summed E-state index contributed by atoms with van der Waals surface area (Å²) in [5, 5.41) is 11.8. The molecule has 4 N–H and O–H groups in total. The van der Waals surface area contributed by atoms with Crippen molar-refractivity contribution in [1.29, 1.82) is 0 Å². The first-order valence-corrected chi connectivity index (χ1v) is 7.12. The molecule has 0 radical (unpaired) electrons. The Morgan fingerprint density at radius 2 is 1.95 bits per heavy atom. The minimum Gasteiger partial charge on any atom is -0.494 e. The van der Waals surface area contributed by atoms with Crippen molar-refractivity contribution < 1.29 is 14.6 Å². The molecule has 0 atom stereocenters. The number of anilines is 3. The zero-order valence-electron chi connectivity index (χ0n) is 12.5. The van der Waals surface area contributed by atoms with Gasteiger partial charge in [-0.1, -0.05) is 17.7 Å². The smallest absolute Gasteiger partial charge is 0.303 e. The lowest BCUT2D eigenvalue weighted by Crippen LogP contribution is -2.03. The lowest BCUT2D eigenvalue weighted by atomic mass is 10.2. The molecule has 5 heteroatoms. The molecule has 5 nitrogen and oxygen atoms in total. The second-order valence-electron chi connectivity index (χ2n) is 5.09. The van der Waals surface area contributed by atoms with Gasteiger partial charge in [0.2, 0.25) is 0 Å². The van der Waals surface area contributed by atoms with Crippen LogP contribution in [0.2, 0.25) is 0 Å². The highest BCUT2D eigenvalue weighted by atomic mass is 16.5. The van der Waals surface area contributed by atoms with Crippen molar-refractivity contribution >= 4 is 23.0 Å². The number of rotatable bonds is 7. The summed E-state index contributed by atoms with van der Waals surface area (Å²) in [5.74, 6) is -0.156. The van der Waals surface area contributed by atoms with E-state index in [1.807, 2.05) is 37.3 Å². The SMILES string of the molecule is Cc1ccc(Nc2cc(OCCCC(=O)O)ccc2N)cc1. The van der Waals surface area contributed by atoms with Crippen molar-refractivity contribution in [3.05, 3.63) is 48.0 Å². The molecule has 0 saturated carbocycles. The summed E-state index contributed by atoms with van der Waals surface area (Å²) in [6.07, 6.45) is 0.573. The van der Waals surface area contributed by atoms with Crippen molar-refractivity contribution in [1.82, 2.24) is 0 Å². The number of carboxylic acid groups (broad SMARTS) is 1. The molecule has 2 aromatic rings. The molecule has 0 unspecified atom stereocenters. The van der Waals surface area contributed by atoms with E-state index in [-0.39, 0.29) is 6.42 Å². The maximum atomic E-state index is 10.5. The van der Waals surface area contributed by atoms with Gasteiger partial charge in [-0.15, -0.1) is 0 Å². The normalized spacial score (nSPS) is 10.2. The van der Waals surface area contributed by atoms with Gasteiger partial charge in [-0.3, -0.25) is 4.79 Å². The van der Waals surface area contributed by atoms with Crippen LogP contribution in [0.5, 0.6) is 5.75 Å². The predicted octanol–water partition coefficient (Wildman–Crippen LogP) is 3.56. The first kappa shape index (κ1) is 15.7. The number of ether oxygens (including phenoxy) is 1. The fourth-order valence-electron chi connectivity index (χ4n) is 1.94. The molecule has 22 heavy (non-hydrogen) atoms. The molecule has 116 valence electrons. The van der Waals surface area contributed by atoms with E-state index in [1.54, 1.807) is 12.1 Å². The Bertz CT molecular complexity index is 639. The Labute approximate surface area is 129 Å².